The van der Waals surface area contributed by atoms with Gasteiger partial charge in [0.15, 0.2) is 0 Å². The zero-order chi connectivity index (χ0) is 9.90. The Kier molecular flexibility index (Phi) is 3.00. The fourth-order valence-corrected chi connectivity index (χ4v) is 1.88. The Morgan fingerprint density at radius 3 is 2.31 bits per heavy atom. The van der Waals surface area contributed by atoms with Gasteiger partial charge in [-0.2, -0.15) is 0 Å². The first kappa shape index (κ1) is 10.1. The first-order valence-electron chi connectivity index (χ1n) is 3.52. The molecule has 1 N–H and O–H groups in total. The molecule has 0 spiro atoms. The van der Waals surface area contributed by atoms with E-state index in [2.05, 4.69) is 12.2 Å². The van der Waals surface area contributed by atoms with Crippen molar-refractivity contribution in [3.8, 4) is 0 Å². The van der Waals surface area contributed by atoms with Crippen LogP contribution in [0.1, 0.15) is 5.56 Å². The van der Waals surface area contributed by atoms with E-state index >= 15 is 0 Å². The van der Waals surface area contributed by atoms with E-state index in [1.54, 1.807) is 12.1 Å². The number of nitrogens with one attached hydrogen (secondary N) is 1. The van der Waals surface area contributed by atoms with Gasteiger partial charge in [-0.1, -0.05) is 29.9 Å². The molecule has 0 unspecified atom stereocenters. The molecule has 0 heterocycles. The van der Waals surface area contributed by atoms with Gasteiger partial charge in [0.05, 0.1) is 4.90 Å². The maximum absolute atomic E-state index is 11.3. The van der Waals surface area contributed by atoms with Crippen LogP contribution in [0.5, 0.6) is 0 Å². The smallest absolute Gasteiger partial charge is 0.262 e. The quantitative estimate of drug-likeness (QED) is 0.605. The van der Waals surface area contributed by atoms with Crippen molar-refractivity contribution in [3.05, 3.63) is 29.8 Å². The average Bonchev–Trinajstić information content (AvgIpc) is 2.05. The van der Waals surface area contributed by atoms with Crippen molar-refractivity contribution in [2.24, 2.45) is 0 Å². The summed E-state index contributed by atoms with van der Waals surface area (Å²) in [5, 5.41) is 0. The highest BCUT2D eigenvalue weighted by molar-refractivity contribution is 7.91. The second kappa shape index (κ2) is 3.85. The van der Waals surface area contributed by atoms with Crippen molar-refractivity contribution in [1.29, 1.82) is 0 Å². The summed E-state index contributed by atoms with van der Waals surface area (Å²) in [4.78, 5) is 0.190. The molecule has 1 aromatic carbocycles. The van der Waals surface area contributed by atoms with E-state index in [0.29, 0.717) is 0 Å². The van der Waals surface area contributed by atoms with Gasteiger partial charge in [0, 0.05) is 0 Å². The highest BCUT2D eigenvalue weighted by Crippen LogP contribution is 2.08. The van der Waals surface area contributed by atoms with Crippen LogP contribution in [0.25, 0.3) is 0 Å². The van der Waals surface area contributed by atoms with Crippen molar-refractivity contribution in [1.82, 2.24) is 4.72 Å². The van der Waals surface area contributed by atoms with Crippen molar-refractivity contribution in [3.63, 3.8) is 0 Å². The second-order valence-electron chi connectivity index (χ2n) is 2.52. The number of hydrogen-bond donors (Lipinski definition) is 1. The number of rotatable bonds is 3. The van der Waals surface area contributed by atoms with E-state index in [-0.39, 0.29) is 4.90 Å². The number of aryl methyl sites for hydroxylation is 1. The van der Waals surface area contributed by atoms with Gasteiger partial charge in [0.1, 0.15) is 5.49 Å². The lowest BCUT2D eigenvalue weighted by Crippen LogP contribution is -2.20. The van der Waals surface area contributed by atoms with Crippen molar-refractivity contribution < 1.29 is 8.42 Å². The van der Waals surface area contributed by atoms with Gasteiger partial charge in [-0.15, -0.1) is 0 Å². The van der Waals surface area contributed by atoms with Crippen LogP contribution < -0.4 is 4.72 Å². The summed E-state index contributed by atoms with van der Waals surface area (Å²) >= 11 is 4.29. The number of benzene rings is 1. The van der Waals surface area contributed by atoms with E-state index in [4.69, 9.17) is 0 Å². The van der Waals surface area contributed by atoms with E-state index in [1.807, 2.05) is 17.1 Å². The molecule has 1 aromatic rings. The fourth-order valence-electron chi connectivity index (χ4n) is 0.831. The molecule has 0 saturated heterocycles. The zero-order valence-electron chi connectivity index (χ0n) is 6.94. The predicted octanol–water partition coefficient (Wildman–Crippen LogP) is 1.11. The molecule has 0 saturated carbocycles. The van der Waals surface area contributed by atoms with Gasteiger partial charge in [-0.3, -0.25) is 4.72 Å². The summed E-state index contributed by atoms with van der Waals surface area (Å²) in [6, 6.07) is 6.48. The lowest BCUT2D eigenvalue weighted by Gasteiger charge is -2.01. The SMILES string of the molecule is Cc1ccc(S(=O)(=O)N[C]=S)cc1. The minimum Gasteiger partial charge on any atom is -0.267 e. The number of sulfonamides is 1. The van der Waals surface area contributed by atoms with Crippen molar-refractivity contribution in [2.45, 2.75) is 11.8 Å². The molecule has 3 nitrogen and oxygen atoms in total. The molecular weight excluding hydrogens is 206 g/mol. The molecule has 69 valence electrons. The van der Waals surface area contributed by atoms with Crippen molar-refractivity contribution >= 4 is 27.7 Å². The first-order valence-corrected chi connectivity index (χ1v) is 5.41. The van der Waals surface area contributed by atoms with Crippen LogP contribution in [0.3, 0.4) is 0 Å². The molecule has 0 amide bonds. The Labute approximate surface area is 82.8 Å². The molecule has 0 aliphatic heterocycles. The third kappa shape index (κ3) is 2.50. The van der Waals surface area contributed by atoms with E-state index in [1.165, 1.54) is 12.1 Å². The molecule has 13 heavy (non-hydrogen) atoms. The maximum atomic E-state index is 11.3. The summed E-state index contributed by atoms with van der Waals surface area (Å²) in [5.74, 6) is 0. The highest BCUT2D eigenvalue weighted by atomic mass is 32.2. The zero-order valence-corrected chi connectivity index (χ0v) is 8.58. The van der Waals surface area contributed by atoms with Crippen LogP contribution in [0.4, 0.5) is 0 Å². The van der Waals surface area contributed by atoms with Crippen LogP contribution in [0.15, 0.2) is 29.2 Å². The molecule has 0 aliphatic carbocycles. The van der Waals surface area contributed by atoms with Crippen LogP contribution in [-0.2, 0) is 10.0 Å². The van der Waals surface area contributed by atoms with Crippen LogP contribution in [-0.4, -0.2) is 13.9 Å². The molecule has 5 heteroatoms. The fraction of sp³-hybridized carbons (Fsp3) is 0.125. The molecule has 0 bridgehead atoms. The molecule has 0 aromatic heterocycles. The van der Waals surface area contributed by atoms with Gasteiger partial charge in [-0.25, -0.2) is 8.42 Å². The highest BCUT2D eigenvalue weighted by Gasteiger charge is 2.10. The molecule has 1 radical (unpaired) electrons. The molecule has 0 aliphatic rings. The lowest BCUT2D eigenvalue weighted by atomic mass is 10.2. The molecule has 1 rings (SSSR count). The van der Waals surface area contributed by atoms with E-state index in [0.717, 1.165) is 5.56 Å². The topological polar surface area (TPSA) is 46.2 Å². The van der Waals surface area contributed by atoms with Crippen LogP contribution in [0.2, 0.25) is 0 Å². The molecular formula is C8H8NO2S2. The van der Waals surface area contributed by atoms with Gasteiger partial charge < -0.3 is 0 Å². The summed E-state index contributed by atoms with van der Waals surface area (Å²) < 4.78 is 24.6. The van der Waals surface area contributed by atoms with Crippen LogP contribution >= 0.6 is 12.2 Å². The van der Waals surface area contributed by atoms with Gasteiger partial charge in [0.2, 0.25) is 0 Å². The third-order valence-electron chi connectivity index (χ3n) is 1.51. The summed E-state index contributed by atoms with van der Waals surface area (Å²) in [6.07, 6.45) is 0. The number of hydrogen-bond acceptors (Lipinski definition) is 3. The summed E-state index contributed by atoms with van der Waals surface area (Å²) in [7, 11) is -3.49. The Hall–Kier alpha value is -0.940. The minimum absolute atomic E-state index is 0.190. The molecule has 0 atom stereocenters. The number of thiocarbonyl (C=S) groups is 1. The van der Waals surface area contributed by atoms with E-state index in [9.17, 15) is 8.42 Å². The Balaban J connectivity index is 3.08. The minimum atomic E-state index is -3.49. The largest absolute Gasteiger partial charge is 0.267 e. The summed E-state index contributed by atoms with van der Waals surface area (Å²) in [5.41, 5.74) is 2.97. The lowest BCUT2D eigenvalue weighted by molar-refractivity contribution is 0.593. The average molecular weight is 214 g/mol. The normalized spacial score (nSPS) is 10.8. The molecule has 0 fully saturated rings. The predicted molar refractivity (Wildman–Crippen MR) is 54.1 cm³/mol. The Morgan fingerprint density at radius 1 is 1.31 bits per heavy atom. The first-order chi connectivity index (χ1) is 6.06. The van der Waals surface area contributed by atoms with E-state index < -0.39 is 10.0 Å². The Morgan fingerprint density at radius 2 is 1.85 bits per heavy atom. The summed E-state index contributed by atoms with van der Waals surface area (Å²) in [6.45, 7) is 1.88. The third-order valence-corrected chi connectivity index (χ3v) is 3.00. The monoisotopic (exact) mass is 214 g/mol. The Bertz CT molecular complexity index is 395. The van der Waals surface area contributed by atoms with Gasteiger partial charge in [-0.05, 0) is 19.1 Å². The van der Waals surface area contributed by atoms with Gasteiger partial charge in [0.25, 0.3) is 10.0 Å². The van der Waals surface area contributed by atoms with Crippen LogP contribution in [0, 0.1) is 6.92 Å². The van der Waals surface area contributed by atoms with Crippen molar-refractivity contribution in [2.75, 3.05) is 0 Å². The standard InChI is InChI=1S/C8H8NO2S2/c1-7-2-4-8(5-3-7)13(10,11)9-6-12/h2-5H,1H3,(H,9,12). The van der Waals surface area contributed by atoms with Gasteiger partial charge >= 0.3 is 0 Å². The maximum Gasteiger partial charge on any atom is 0.262 e. The second-order valence-corrected chi connectivity index (χ2v) is 4.41.